The summed E-state index contributed by atoms with van der Waals surface area (Å²) in [6.07, 6.45) is 0.304. The van der Waals surface area contributed by atoms with Crippen molar-refractivity contribution in [1.82, 2.24) is 9.88 Å². The summed E-state index contributed by atoms with van der Waals surface area (Å²) in [5, 5.41) is 13.8. The molecule has 0 saturated carbocycles. The molecule has 0 unspecified atom stereocenters. The fourth-order valence-corrected chi connectivity index (χ4v) is 3.19. The van der Waals surface area contributed by atoms with Gasteiger partial charge >= 0.3 is 6.18 Å². The molecule has 1 heterocycles. The van der Waals surface area contributed by atoms with Crippen LogP contribution in [0.4, 0.5) is 23.2 Å². The van der Waals surface area contributed by atoms with Crippen molar-refractivity contribution in [2.24, 2.45) is 7.05 Å². The van der Waals surface area contributed by atoms with E-state index in [1.54, 1.807) is 0 Å². The standard InChI is InChI=1S/C22H21F4N3O4/c1-6-21(4,10-30)28-20(33)18(31)16-11(2)17(29(5)12(16)3)19(32)27-13-7-8-15(23)14(9-13)22(24,25)26/h1,7-9,30H,10H2,2-5H3,(H,27,32)(H,28,33)/t21-/m1/s1. The molecule has 0 radical (unpaired) electrons. The molecule has 0 bridgehead atoms. The minimum atomic E-state index is -4.96. The second-order valence-electron chi connectivity index (χ2n) is 7.56. The largest absolute Gasteiger partial charge is 0.419 e. The van der Waals surface area contributed by atoms with Gasteiger partial charge in [-0.3, -0.25) is 14.4 Å². The number of ketones is 1. The summed E-state index contributed by atoms with van der Waals surface area (Å²) in [5.41, 5.74) is -3.21. The Bertz CT molecular complexity index is 1180. The molecule has 1 aromatic heterocycles. The molecule has 1 aromatic carbocycles. The zero-order chi connectivity index (χ0) is 25.3. The highest BCUT2D eigenvalue weighted by Gasteiger charge is 2.35. The van der Waals surface area contributed by atoms with E-state index >= 15 is 0 Å². The molecular formula is C22H21F4N3O4. The summed E-state index contributed by atoms with van der Waals surface area (Å²) in [6, 6.07) is 1.99. The summed E-state index contributed by atoms with van der Waals surface area (Å²) >= 11 is 0. The molecule has 2 amide bonds. The number of alkyl halides is 3. The maximum atomic E-state index is 13.5. The third kappa shape index (κ3) is 5.06. The predicted octanol–water partition coefficient (Wildman–Crippen LogP) is 2.74. The van der Waals surface area contributed by atoms with Crippen LogP contribution in [0.5, 0.6) is 0 Å². The number of hydrogen-bond donors (Lipinski definition) is 3. The fraction of sp³-hybridized carbons (Fsp3) is 0.318. The lowest BCUT2D eigenvalue weighted by molar-refractivity contribution is -0.140. The van der Waals surface area contributed by atoms with E-state index in [1.165, 1.54) is 32.4 Å². The molecule has 7 nitrogen and oxygen atoms in total. The lowest BCUT2D eigenvalue weighted by Crippen LogP contribution is -2.50. The number of carbonyl (C=O) groups excluding carboxylic acids is 3. The van der Waals surface area contributed by atoms with Gasteiger partial charge in [0.15, 0.2) is 0 Å². The second-order valence-corrected chi connectivity index (χ2v) is 7.56. The van der Waals surface area contributed by atoms with Crippen LogP contribution in [0.3, 0.4) is 0 Å². The fourth-order valence-electron chi connectivity index (χ4n) is 3.19. The van der Waals surface area contributed by atoms with Crippen molar-refractivity contribution in [2.45, 2.75) is 32.5 Å². The van der Waals surface area contributed by atoms with Crippen LogP contribution in [0.2, 0.25) is 0 Å². The SMILES string of the molecule is C#C[C@](C)(CO)NC(=O)C(=O)c1c(C)c(C(=O)Nc2ccc(F)c(C(F)(F)F)c2)n(C)c1C. The second kappa shape index (κ2) is 9.07. The van der Waals surface area contributed by atoms with Gasteiger partial charge in [0.2, 0.25) is 0 Å². The van der Waals surface area contributed by atoms with E-state index < -0.39 is 47.3 Å². The monoisotopic (exact) mass is 467 g/mol. The Morgan fingerprint density at radius 1 is 1.21 bits per heavy atom. The Kier molecular flexibility index (Phi) is 7.04. The van der Waals surface area contributed by atoms with Crippen molar-refractivity contribution < 1.29 is 37.1 Å². The maximum absolute atomic E-state index is 13.5. The van der Waals surface area contributed by atoms with E-state index in [1.807, 2.05) is 0 Å². The highest BCUT2D eigenvalue weighted by atomic mass is 19.4. The molecule has 0 aliphatic rings. The highest BCUT2D eigenvalue weighted by molar-refractivity contribution is 6.43. The van der Waals surface area contributed by atoms with Crippen molar-refractivity contribution >= 4 is 23.3 Å². The molecule has 1 atom stereocenters. The molecule has 0 aliphatic carbocycles. The Morgan fingerprint density at radius 2 is 1.82 bits per heavy atom. The van der Waals surface area contributed by atoms with Gasteiger partial charge in [0.1, 0.15) is 17.1 Å². The van der Waals surface area contributed by atoms with Gasteiger partial charge in [-0.05, 0) is 44.5 Å². The average Bonchev–Trinajstić information content (AvgIpc) is 2.96. The lowest BCUT2D eigenvalue weighted by atomic mass is 10.0. The van der Waals surface area contributed by atoms with Gasteiger partial charge in [0.25, 0.3) is 17.6 Å². The molecule has 176 valence electrons. The number of hydrogen-bond acceptors (Lipinski definition) is 4. The zero-order valence-corrected chi connectivity index (χ0v) is 18.1. The number of carbonyl (C=O) groups is 3. The summed E-state index contributed by atoms with van der Waals surface area (Å²) in [7, 11) is 1.43. The van der Waals surface area contributed by atoms with Crippen LogP contribution in [0, 0.1) is 32.0 Å². The van der Waals surface area contributed by atoms with Crippen LogP contribution in [-0.4, -0.2) is 39.4 Å². The number of aliphatic hydroxyl groups is 1. The molecule has 0 spiro atoms. The number of aromatic nitrogens is 1. The molecule has 2 aromatic rings. The zero-order valence-electron chi connectivity index (χ0n) is 18.1. The van der Waals surface area contributed by atoms with Gasteiger partial charge in [-0.25, -0.2) is 4.39 Å². The van der Waals surface area contributed by atoms with Gasteiger partial charge < -0.3 is 20.3 Å². The molecule has 2 rings (SSSR count). The van der Waals surface area contributed by atoms with Crippen molar-refractivity contribution in [2.75, 3.05) is 11.9 Å². The van der Waals surface area contributed by atoms with Gasteiger partial charge in [0, 0.05) is 18.4 Å². The first-order valence-corrected chi connectivity index (χ1v) is 9.46. The van der Waals surface area contributed by atoms with E-state index in [-0.39, 0.29) is 28.2 Å². The minimum absolute atomic E-state index is 0.0941. The third-order valence-electron chi connectivity index (χ3n) is 5.13. The average molecular weight is 467 g/mol. The third-order valence-corrected chi connectivity index (χ3v) is 5.13. The number of nitrogens with zero attached hydrogens (tertiary/aromatic N) is 1. The van der Waals surface area contributed by atoms with E-state index in [4.69, 9.17) is 6.42 Å². The molecule has 0 fully saturated rings. The minimum Gasteiger partial charge on any atom is -0.393 e. The Balaban J connectivity index is 2.40. The molecule has 33 heavy (non-hydrogen) atoms. The molecule has 0 aliphatic heterocycles. The number of terminal acetylenes is 1. The van der Waals surface area contributed by atoms with Crippen molar-refractivity contribution in [3.8, 4) is 12.3 Å². The molecule has 3 N–H and O–H groups in total. The van der Waals surface area contributed by atoms with Gasteiger partial charge in [0.05, 0.1) is 17.7 Å². The number of benzene rings is 1. The van der Waals surface area contributed by atoms with Gasteiger partial charge in [-0.15, -0.1) is 6.42 Å². The van der Waals surface area contributed by atoms with Crippen LogP contribution >= 0.6 is 0 Å². The Labute approximate surface area is 186 Å². The number of anilines is 1. The summed E-state index contributed by atoms with van der Waals surface area (Å²) in [4.78, 5) is 38.0. The molecular weight excluding hydrogens is 446 g/mol. The van der Waals surface area contributed by atoms with Gasteiger partial charge in [-0.1, -0.05) is 5.92 Å². The smallest absolute Gasteiger partial charge is 0.393 e. The summed E-state index contributed by atoms with van der Waals surface area (Å²) in [5.74, 6) is -2.33. The first-order valence-electron chi connectivity index (χ1n) is 9.46. The van der Waals surface area contributed by atoms with Gasteiger partial charge in [-0.2, -0.15) is 13.2 Å². The van der Waals surface area contributed by atoms with E-state index in [0.717, 1.165) is 6.07 Å². The quantitative estimate of drug-likeness (QED) is 0.263. The first-order chi connectivity index (χ1) is 15.2. The van der Waals surface area contributed by atoms with Crippen molar-refractivity contribution in [3.05, 3.63) is 52.1 Å². The number of aliphatic hydroxyl groups excluding tert-OH is 1. The lowest BCUT2D eigenvalue weighted by Gasteiger charge is -2.21. The number of halogens is 4. The van der Waals surface area contributed by atoms with Crippen LogP contribution in [0.15, 0.2) is 18.2 Å². The van der Waals surface area contributed by atoms with Crippen LogP contribution < -0.4 is 10.6 Å². The van der Waals surface area contributed by atoms with Crippen LogP contribution in [0.25, 0.3) is 0 Å². The molecule has 0 saturated heterocycles. The van der Waals surface area contributed by atoms with E-state index in [0.29, 0.717) is 12.1 Å². The Hall–Kier alpha value is -3.65. The van der Waals surface area contributed by atoms with E-state index in [9.17, 15) is 37.1 Å². The number of nitrogens with one attached hydrogen (secondary N) is 2. The maximum Gasteiger partial charge on any atom is 0.419 e. The topological polar surface area (TPSA) is 100 Å². The highest BCUT2D eigenvalue weighted by Crippen LogP contribution is 2.33. The summed E-state index contributed by atoms with van der Waals surface area (Å²) in [6.45, 7) is 3.57. The number of amides is 2. The normalized spacial score (nSPS) is 13.1. The van der Waals surface area contributed by atoms with Crippen molar-refractivity contribution in [1.29, 1.82) is 0 Å². The summed E-state index contributed by atoms with van der Waals surface area (Å²) < 4.78 is 53.6. The number of rotatable bonds is 6. The van der Waals surface area contributed by atoms with Crippen LogP contribution in [0.1, 0.15) is 44.6 Å². The predicted molar refractivity (Wildman–Crippen MR) is 111 cm³/mol. The first kappa shape index (κ1) is 25.6. The van der Waals surface area contributed by atoms with Crippen LogP contribution in [-0.2, 0) is 18.0 Å². The molecule has 11 heteroatoms. The Morgan fingerprint density at radius 3 is 2.33 bits per heavy atom. The number of Topliss-reactive ketones (excluding diaryl/α,β-unsaturated/α-hetero) is 1. The van der Waals surface area contributed by atoms with E-state index in [2.05, 4.69) is 16.6 Å². The van der Waals surface area contributed by atoms with Crippen molar-refractivity contribution in [3.63, 3.8) is 0 Å².